The first-order valence-corrected chi connectivity index (χ1v) is 7.45. The molecule has 1 saturated carbocycles. The quantitative estimate of drug-likeness (QED) is 0.730. The molecule has 1 rings (SSSR count). The van der Waals surface area contributed by atoms with Crippen LogP contribution in [0.15, 0.2) is 0 Å². The summed E-state index contributed by atoms with van der Waals surface area (Å²) >= 11 is 0. The Morgan fingerprint density at radius 2 is 1.95 bits per heavy atom. The van der Waals surface area contributed by atoms with Gasteiger partial charge in [-0.15, -0.1) is 0 Å². The summed E-state index contributed by atoms with van der Waals surface area (Å²) in [4.78, 5) is 24.3. The molecule has 0 radical (unpaired) electrons. The molecule has 3 atom stereocenters. The molecule has 0 saturated heterocycles. The number of rotatable bonds is 3. The fourth-order valence-corrected chi connectivity index (χ4v) is 2.68. The second-order valence-corrected chi connectivity index (χ2v) is 7.29. The molecule has 4 N–H and O–H groups in total. The van der Waals surface area contributed by atoms with Gasteiger partial charge in [-0.1, -0.05) is 19.8 Å². The SMILES string of the molecule is CC1CCCC(N)(C(=O)NC(C)C(=O)NC(C)(C)C)C1. The van der Waals surface area contributed by atoms with Crippen LogP contribution in [0.3, 0.4) is 0 Å². The summed E-state index contributed by atoms with van der Waals surface area (Å²) in [5.41, 5.74) is 5.09. The van der Waals surface area contributed by atoms with Crippen LogP contribution in [0.5, 0.6) is 0 Å². The number of nitrogens with one attached hydrogen (secondary N) is 2. The first kappa shape index (κ1) is 17.0. The monoisotopic (exact) mass is 283 g/mol. The van der Waals surface area contributed by atoms with Gasteiger partial charge in [0.25, 0.3) is 0 Å². The lowest BCUT2D eigenvalue weighted by Crippen LogP contribution is -2.60. The van der Waals surface area contributed by atoms with Crippen molar-refractivity contribution in [1.82, 2.24) is 10.6 Å². The zero-order valence-electron chi connectivity index (χ0n) is 13.4. The predicted molar refractivity (Wildman–Crippen MR) is 80.1 cm³/mol. The van der Waals surface area contributed by atoms with Crippen LogP contribution >= 0.6 is 0 Å². The highest BCUT2D eigenvalue weighted by molar-refractivity contribution is 5.92. The van der Waals surface area contributed by atoms with Crippen molar-refractivity contribution in [2.75, 3.05) is 0 Å². The topological polar surface area (TPSA) is 84.2 Å². The molecular weight excluding hydrogens is 254 g/mol. The molecule has 3 unspecified atom stereocenters. The number of hydrogen-bond donors (Lipinski definition) is 3. The van der Waals surface area contributed by atoms with Crippen LogP contribution in [0.2, 0.25) is 0 Å². The Kier molecular flexibility index (Phi) is 5.19. The Morgan fingerprint density at radius 3 is 2.45 bits per heavy atom. The molecular formula is C15H29N3O2. The maximum absolute atomic E-state index is 12.3. The summed E-state index contributed by atoms with van der Waals surface area (Å²) in [6, 6.07) is -0.570. The number of amides is 2. The van der Waals surface area contributed by atoms with E-state index in [4.69, 9.17) is 5.73 Å². The van der Waals surface area contributed by atoms with Crippen LogP contribution < -0.4 is 16.4 Å². The second kappa shape index (κ2) is 6.12. The summed E-state index contributed by atoms with van der Waals surface area (Å²) in [5, 5.41) is 5.61. The molecule has 0 aromatic rings. The summed E-state index contributed by atoms with van der Waals surface area (Å²) in [7, 11) is 0. The van der Waals surface area contributed by atoms with Crippen molar-refractivity contribution in [1.29, 1.82) is 0 Å². The van der Waals surface area contributed by atoms with Crippen LogP contribution in [0.25, 0.3) is 0 Å². The van der Waals surface area contributed by atoms with Crippen molar-refractivity contribution in [3.05, 3.63) is 0 Å². The molecule has 2 amide bonds. The fourth-order valence-electron chi connectivity index (χ4n) is 2.68. The van der Waals surface area contributed by atoms with E-state index >= 15 is 0 Å². The van der Waals surface area contributed by atoms with Gasteiger partial charge >= 0.3 is 0 Å². The Labute approximate surface area is 122 Å². The van der Waals surface area contributed by atoms with E-state index in [0.717, 1.165) is 12.8 Å². The van der Waals surface area contributed by atoms with E-state index in [1.165, 1.54) is 0 Å². The van der Waals surface area contributed by atoms with Crippen LogP contribution in [-0.4, -0.2) is 28.9 Å². The maximum atomic E-state index is 12.3. The number of carbonyl (C=O) groups is 2. The molecule has 5 nitrogen and oxygen atoms in total. The lowest BCUT2D eigenvalue weighted by molar-refractivity contribution is -0.133. The van der Waals surface area contributed by atoms with Gasteiger partial charge < -0.3 is 16.4 Å². The number of carbonyl (C=O) groups excluding carboxylic acids is 2. The molecule has 0 spiro atoms. The van der Waals surface area contributed by atoms with Gasteiger partial charge in [0.1, 0.15) is 6.04 Å². The minimum atomic E-state index is -0.825. The van der Waals surface area contributed by atoms with Gasteiger partial charge in [0.2, 0.25) is 11.8 Å². The van der Waals surface area contributed by atoms with Crippen molar-refractivity contribution in [2.45, 2.75) is 77.4 Å². The maximum Gasteiger partial charge on any atom is 0.242 e. The first-order valence-electron chi connectivity index (χ1n) is 7.45. The summed E-state index contributed by atoms with van der Waals surface area (Å²) in [5.74, 6) is 0.0668. The van der Waals surface area contributed by atoms with Crippen molar-refractivity contribution in [3.8, 4) is 0 Å². The first-order chi connectivity index (χ1) is 9.03. The lowest BCUT2D eigenvalue weighted by atomic mass is 9.76. The average molecular weight is 283 g/mol. The van der Waals surface area contributed by atoms with Crippen molar-refractivity contribution < 1.29 is 9.59 Å². The summed E-state index contributed by atoms with van der Waals surface area (Å²) < 4.78 is 0. The van der Waals surface area contributed by atoms with E-state index in [-0.39, 0.29) is 17.4 Å². The number of nitrogens with two attached hydrogens (primary N) is 1. The normalized spacial score (nSPS) is 28.6. The summed E-state index contributed by atoms with van der Waals surface area (Å²) in [6.07, 6.45) is 3.46. The van der Waals surface area contributed by atoms with Crippen LogP contribution in [-0.2, 0) is 9.59 Å². The van der Waals surface area contributed by atoms with E-state index in [1.54, 1.807) is 6.92 Å². The van der Waals surface area contributed by atoms with Crippen LogP contribution in [0.4, 0.5) is 0 Å². The molecule has 116 valence electrons. The molecule has 5 heteroatoms. The molecule has 0 aromatic heterocycles. The second-order valence-electron chi connectivity index (χ2n) is 7.29. The molecule has 1 aliphatic carbocycles. The van der Waals surface area contributed by atoms with Crippen LogP contribution in [0.1, 0.15) is 60.3 Å². The molecule has 0 aliphatic heterocycles. The zero-order valence-corrected chi connectivity index (χ0v) is 13.4. The Bertz CT molecular complexity index is 376. The Morgan fingerprint density at radius 1 is 1.35 bits per heavy atom. The molecule has 0 bridgehead atoms. The molecule has 1 fully saturated rings. The largest absolute Gasteiger partial charge is 0.350 e. The van der Waals surface area contributed by atoms with Gasteiger partial charge in [-0.2, -0.15) is 0 Å². The lowest BCUT2D eigenvalue weighted by Gasteiger charge is -2.36. The minimum Gasteiger partial charge on any atom is -0.350 e. The van der Waals surface area contributed by atoms with Gasteiger partial charge in [-0.05, 0) is 46.5 Å². The van der Waals surface area contributed by atoms with E-state index in [2.05, 4.69) is 17.6 Å². The van der Waals surface area contributed by atoms with Gasteiger partial charge in [-0.3, -0.25) is 9.59 Å². The third-order valence-electron chi connectivity index (χ3n) is 3.72. The van der Waals surface area contributed by atoms with Gasteiger partial charge in [0, 0.05) is 5.54 Å². The van der Waals surface area contributed by atoms with Crippen molar-refractivity contribution >= 4 is 11.8 Å². The predicted octanol–water partition coefficient (Wildman–Crippen LogP) is 1.31. The minimum absolute atomic E-state index is 0.182. The highest BCUT2D eigenvalue weighted by Crippen LogP contribution is 2.30. The molecule has 1 aliphatic rings. The van der Waals surface area contributed by atoms with E-state index in [1.807, 2.05) is 20.8 Å². The smallest absolute Gasteiger partial charge is 0.242 e. The van der Waals surface area contributed by atoms with E-state index in [9.17, 15) is 9.59 Å². The van der Waals surface area contributed by atoms with Gasteiger partial charge in [0.15, 0.2) is 0 Å². The molecule has 20 heavy (non-hydrogen) atoms. The fraction of sp³-hybridized carbons (Fsp3) is 0.867. The highest BCUT2D eigenvalue weighted by atomic mass is 16.2. The third-order valence-corrected chi connectivity index (χ3v) is 3.72. The zero-order chi connectivity index (χ0) is 15.6. The molecule has 0 heterocycles. The van der Waals surface area contributed by atoms with Crippen molar-refractivity contribution in [2.24, 2.45) is 11.7 Å². The van der Waals surface area contributed by atoms with E-state index in [0.29, 0.717) is 18.8 Å². The Hall–Kier alpha value is -1.10. The third kappa shape index (κ3) is 4.78. The van der Waals surface area contributed by atoms with Gasteiger partial charge in [0.05, 0.1) is 5.54 Å². The Balaban J connectivity index is 2.59. The average Bonchev–Trinajstić information content (AvgIpc) is 2.26. The highest BCUT2D eigenvalue weighted by Gasteiger charge is 2.39. The summed E-state index contributed by atoms with van der Waals surface area (Å²) in [6.45, 7) is 9.53. The van der Waals surface area contributed by atoms with E-state index < -0.39 is 11.6 Å². The number of hydrogen-bond acceptors (Lipinski definition) is 3. The standard InChI is InChI=1S/C15H29N3O2/c1-10-7-6-8-15(16,9-10)13(20)17-11(2)12(19)18-14(3,4)5/h10-11H,6-9,16H2,1-5H3,(H,17,20)(H,18,19). The molecule has 0 aromatic carbocycles. The van der Waals surface area contributed by atoms with Gasteiger partial charge in [-0.25, -0.2) is 0 Å². The van der Waals surface area contributed by atoms with Crippen LogP contribution in [0, 0.1) is 5.92 Å². The van der Waals surface area contributed by atoms with Crippen molar-refractivity contribution in [3.63, 3.8) is 0 Å².